The van der Waals surface area contributed by atoms with Gasteiger partial charge in [0.2, 0.25) is 5.91 Å². The van der Waals surface area contributed by atoms with Gasteiger partial charge in [0.05, 0.1) is 6.10 Å². The summed E-state index contributed by atoms with van der Waals surface area (Å²) in [5, 5.41) is 11.7. The van der Waals surface area contributed by atoms with Crippen molar-refractivity contribution >= 4 is 11.7 Å². The average Bonchev–Trinajstić information content (AvgIpc) is 3.12. The Balaban J connectivity index is 2.09. The lowest BCUT2D eigenvalue weighted by Gasteiger charge is -2.26. The van der Waals surface area contributed by atoms with Crippen molar-refractivity contribution < 1.29 is 14.7 Å². The van der Waals surface area contributed by atoms with Gasteiger partial charge in [0.1, 0.15) is 5.41 Å². The molecule has 2 aliphatic rings. The molecule has 3 N–H and O–H groups in total. The van der Waals surface area contributed by atoms with Crippen molar-refractivity contribution in [2.45, 2.75) is 32.3 Å². The number of nitrogens with two attached hydrogens (primary N) is 1. The van der Waals surface area contributed by atoms with Gasteiger partial charge < -0.3 is 20.6 Å². The Kier molecular flexibility index (Phi) is 3.24. The first-order chi connectivity index (χ1) is 8.10. The van der Waals surface area contributed by atoms with Crippen LogP contribution in [0, 0.1) is 5.41 Å². The predicted molar refractivity (Wildman–Crippen MR) is 61.7 cm³/mol. The summed E-state index contributed by atoms with van der Waals surface area (Å²) < 4.78 is 5.50. The normalized spacial score (nSPS) is 28.6. The molecule has 96 valence electrons. The van der Waals surface area contributed by atoms with Gasteiger partial charge in [0.15, 0.2) is 5.84 Å². The standard InChI is InChI=1S/C11H19N3O3/c1-8-7-14(5-2-6-17-8)10(15)11(3-4-11)9(12)13-16/h8,16H,2-7H2,1H3,(H2,12,13). The molecule has 1 saturated heterocycles. The summed E-state index contributed by atoms with van der Waals surface area (Å²) in [5.41, 5.74) is 4.88. The van der Waals surface area contributed by atoms with Crippen LogP contribution in [0.2, 0.25) is 0 Å². The number of rotatable bonds is 2. The lowest BCUT2D eigenvalue weighted by Crippen LogP contribution is -2.45. The van der Waals surface area contributed by atoms with Crippen molar-refractivity contribution in [1.29, 1.82) is 0 Å². The summed E-state index contributed by atoms with van der Waals surface area (Å²) in [7, 11) is 0. The highest BCUT2D eigenvalue weighted by molar-refractivity contribution is 6.09. The molecule has 0 aromatic rings. The van der Waals surface area contributed by atoms with E-state index in [1.807, 2.05) is 6.92 Å². The van der Waals surface area contributed by atoms with Crippen LogP contribution >= 0.6 is 0 Å². The number of hydrogen-bond donors (Lipinski definition) is 2. The smallest absolute Gasteiger partial charge is 0.236 e. The first-order valence-corrected chi connectivity index (χ1v) is 5.99. The van der Waals surface area contributed by atoms with Crippen LogP contribution in [-0.4, -0.2) is 47.7 Å². The number of carbonyl (C=O) groups is 1. The summed E-state index contributed by atoms with van der Waals surface area (Å²) in [6, 6.07) is 0. The molecular weight excluding hydrogens is 222 g/mol. The molecule has 1 aliphatic carbocycles. The van der Waals surface area contributed by atoms with Crippen molar-refractivity contribution in [1.82, 2.24) is 4.90 Å². The van der Waals surface area contributed by atoms with Gasteiger partial charge in [-0.3, -0.25) is 4.79 Å². The van der Waals surface area contributed by atoms with E-state index < -0.39 is 5.41 Å². The van der Waals surface area contributed by atoms with Gasteiger partial charge in [-0.25, -0.2) is 0 Å². The fourth-order valence-corrected chi connectivity index (χ4v) is 2.28. The van der Waals surface area contributed by atoms with Crippen LogP contribution in [0.1, 0.15) is 26.2 Å². The number of amidine groups is 1. The Morgan fingerprint density at radius 1 is 1.59 bits per heavy atom. The number of nitrogens with zero attached hydrogens (tertiary/aromatic N) is 2. The minimum Gasteiger partial charge on any atom is -0.409 e. The van der Waals surface area contributed by atoms with E-state index in [1.54, 1.807) is 4.90 Å². The van der Waals surface area contributed by atoms with E-state index in [0.29, 0.717) is 32.5 Å². The number of amides is 1. The third-order valence-corrected chi connectivity index (χ3v) is 3.50. The molecule has 2 fully saturated rings. The van der Waals surface area contributed by atoms with Gasteiger partial charge >= 0.3 is 0 Å². The zero-order chi connectivity index (χ0) is 12.5. The van der Waals surface area contributed by atoms with Crippen LogP contribution in [0.25, 0.3) is 0 Å². The highest BCUT2D eigenvalue weighted by Crippen LogP contribution is 2.47. The lowest BCUT2D eigenvalue weighted by atomic mass is 10.0. The van der Waals surface area contributed by atoms with Crippen LogP contribution in [-0.2, 0) is 9.53 Å². The SMILES string of the molecule is CC1CN(C(=O)C2(C(N)=NO)CC2)CCCO1. The minimum atomic E-state index is -0.737. The minimum absolute atomic E-state index is 0.0230. The van der Waals surface area contributed by atoms with Crippen LogP contribution in [0.5, 0.6) is 0 Å². The molecule has 1 unspecified atom stereocenters. The van der Waals surface area contributed by atoms with E-state index in [1.165, 1.54) is 0 Å². The molecule has 6 heteroatoms. The Bertz CT molecular complexity index is 339. The fraction of sp³-hybridized carbons (Fsp3) is 0.818. The topological polar surface area (TPSA) is 88.2 Å². The molecule has 1 amide bonds. The molecule has 0 spiro atoms. The van der Waals surface area contributed by atoms with Gasteiger partial charge in [-0.1, -0.05) is 5.16 Å². The summed E-state index contributed by atoms with van der Waals surface area (Å²) in [6.45, 7) is 3.90. The summed E-state index contributed by atoms with van der Waals surface area (Å²) in [4.78, 5) is 14.2. The van der Waals surface area contributed by atoms with Crippen molar-refractivity contribution in [3.63, 3.8) is 0 Å². The molecule has 2 rings (SSSR count). The Morgan fingerprint density at radius 3 is 2.88 bits per heavy atom. The molecule has 17 heavy (non-hydrogen) atoms. The molecular formula is C11H19N3O3. The van der Waals surface area contributed by atoms with Crippen molar-refractivity contribution in [2.24, 2.45) is 16.3 Å². The second-order valence-electron chi connectivity index (χ2n) is 4.85. The maximum atomic E-state index is 12.4. The van der Waals surface area contributed by atoms with E-state index in [4.69, 9.17) is 15.7 Å². The monoisotopic (exact) mass is 241 g/mol. The van der Waals surface area contributed by atoms with Crippen LogP contribution in [0.3, 0.4) is 0 Å². The van der Waals surface area contributed by atoms with Crippen molar-refractivity contribution in [3.05, 3.63) is 0 Å². The molecule has 0 bridgehead atoms. The molecule has 0 aromatic carbocycles. The van der Waals surface area contributed by atoms with Crippen LogP contribution in [0.15, 0.2) is 5.16 Å². The first-order valence-electron chi connectivity index (χ1n) is 5.99. The van der Waals surface area contributed by atoms with Gasteiger partial charge in [0.25, 0.3) is 0 Å². The highest BCUT2D eigenvalue weighted by atomic mass is 16.5. The second-order valence-corrected chi connectivity index (χ2v) is 4.85. The van der Waals surface area contributed by atoms with E-state index in [0.717, 1.165) is 6.42 Å². The third kappa shape index (κ3) is 2.22. The van der Waals surface area contributed by atoms with Gasteiger partial charge in [-0.2, -0.15) is 0 Å². The van der Waals surface area contributed by atoms with Crippen LogP contribution in [0.4, 0.5) is 0 Å². The lowest BCUT2D eigenvalue weighted by molar-refractivity contribution is -0.135. The second kappa shape index (κ2) is 4.52. The van der Waals surface area contributed by atoms with E-state index >= 15 is 0 Å². The Hall–Kier alpha value is -1.30. The van der Waals surface area contributed by atoms with Crippen molar-refractivity contribution in [3.8, 4) is 0 Å². The number of ether oxygens (including phenoxy) is 1. The zero-order valence-corrected chi connectivity index (χ0v) is 10.1. The van der Waals surface area contributed by atoms with Gasteiger partial charge in [-0.15, -0.1) is 0 Å². The first kappa shape index (κ1) is 12.2. The maximum absolute atomic E-state index is 12.4. The van der Waals surface area contributed by atoms with E-state index in [-0.39, 0.29) is 17.8 Å². The molecule has 1 aliphatic heterocycles. The number of hydrogen-bond acceptors (Lipinski definition) is 4. The van der Waals surface area contributed by atoms with Crippen molar-refractivity contribution in [2.75, 3.05) is 19.7 Å². The molecule has 1 saturated carbocycles. The summed E-state index contributed by atoms with van der Waals surface area (Å²) >= 11 is 0. The van der Waals surface area contributed by atoms with Gasteiger partial charge in [0, 0.05) is 19.7 Å². The van der Waals surface area contributed by atoms with E-state index in [9.17, 15) is 4.79 Å². The molecule has 1 atom stereocenters. The molecule has 1 heterocycles. The molecule has 0 radical (unpaired) electrons. The fourth-order valence-electron chi connectivity index (χ4n) is 2.28. The largest absolute Gasteiger partial charge is 0.409 e. The molecule has 0 aromatic heterocycles. The Morgan fingerprint density at radius 2 is 2.29 bits per heavy atom. The summed E-state index contributed by atoms with van der Waals surface area (Å²) in [6.07, 6.45) is 2.23. The quantitative estimate of drug-likeness (QED) is 0.312. The average molecular weight is 241 g/mol. The predicted octanol–water partition coefficient (Wildman–Crippen LogP) is 0.150. The maximum Gasteiger partial charge on any atom is 0.236 e. The van der Waals surface area contributed by atoms with Gasteiger partial charge in [-0.05, 0) is 26.2 Å². The number of carbonyl (C=O) groups excluding carboxylic acids is 1. The highest BCUT2D eigenvalue weighted by Gasteiger charge is 2.55. The Labute approximate surface area is 100 Å². The number of oxime groups is 1. The summed E-state index contributed by atoms with van der Waals surface area (Å²) in [5.74, 6) is 0.0190. The third-order valence-electron chi connectivity index (χ3n) is 3.50. The molecule has 6 nitrogen and oxygen atoms in total. The van der Waals surface area contributed by atoms with Crippen LogP contribution < -0.4 is 5.73 Å². The zero-order valence-electron chi connectivity index (χ0n) is 10.1. The van der Waals surface area contributed by atoms with E-state index in [2.05, 4.69) is 5.16 Å².